The molecule has 0 bridgehead atoms. The Hall–Kier alpha value is -3.35. The van der Waals surface area contributed by atoms with Crippen molar-refractivity contribution in [2.75, 3.05) is 13.1 Å². The Balaban J connectivity index is 2.37. The number of hydrogen-bond donors (Lipinski definition) is 4. The highest BCUT2D eigenvalue weighted by molar-refractivity contribution is 7.89. The van der Waals surface area contributed by atoms with Gasteiger partial charge in [0.2, 0.25) is 15.9 Å². The van der Waals surface area contributed by atoms with Gasteiger partial charge in [-0.05, 0) is 41.5 Å². The number of carbonyl (C=O) groups excluding carboxylic acids is 1. The van der Waals surface area contributed by atoms with Crippen LogP contribution in [0.2, 0.25) is 0 Å². The number of hydrogen-bond acceptors (Lipinski definition) is 7. The fourth-order valence-electron chi connectivity index (χ4n) is 4.10. The molecule has 4 N–H and O–H groups in total. The minimum Gasteiger partial charge on any atom is -0.465 e. The SMILES string of the molecule is CC(C)CN(C[C@@H](O)[C@H](Cc1ccccc1)NC(=O)[C@@H](NC(=O)O)C(C)C)S(=O)(=O)c1ccc(CN=O)cc1. The number of sulfonamides is 1. The maximum Gasteiger partial charge on any atom is 0.405 e. The van der Waals surface area contributed by atoms with Gasteiger partial charge in [0.1, 0.15) is 12.6 Å². The Kier molecular flexibility index (Phi) is 12.0. The van der Waals surface area contributed by atoms with Gasteiger partial charge in [0, 0.05) is 13.1 Å². The van der Waals surface area contributed by atoms with Crippen molar-refractivity contribution in [3.63, 3.8) is 0 Å². The van der Waals surface area contributed by atoms with E-state index in [1.54, 1.807) is 13.8 Å². The van der Waals surface area contributed by atoms with Gasteiger partial charge in [-0.25, -0.2) is 13.2 Å². The molecule has 12 heteroatoms. The summed E-state index contributed by atoms with van der Waals surface area (Å²) in [5.74, 6) is -1.06. The second kappa shape index (κ2) is 14.7. The number of amides is 2. The van der Waals surface area contributed by atoms with Crippen LogP contribution in [0.1, 0.15) is 38.8 Å². The smallest absolute Gasteiger partial charge is 0.405 e. The predicted octanol–water partition coefficient (Wildman–Crippen LogP) is 2.98. The number of nitrogens with zero attached hydrogens (tertiary/aromatic N) is 2. The average molecular weight is 563 g/mol. The van der Waals surface area contributed by atoms with Gasteiger partial charge in [-0.15, -0.1) is 0 Å². The van der Waals surface area contributed by atoms with E-state index < -0.39 is 40.2 Å². The third-order valence-corrected chi connectivity index (χ3v) is 7.93. The molecule has 0 radical (unpaired) electrons. The number of benzene rings is 2. The molecule has 2 rings (SSSR count). The Morgan fingerprint density at radius 2 is 1.54 bits per heavy atom. The van der Waals surface area contributed by atoms with Crippen molar-refractivity contribution in [1.82, 2.24) is 14.9 Å². The van der Waals surface area contributed by atoms with Crippen molar-refractivity contribution < 1.29 is 28.2 Å². The largest absolute Gasteiger partial charge is 0.465 e. The number of rotatable bonds is 15. The van der Waals surface area contributed by atoms with E-state index in [4.69, 9.17) is 0 Å². The molecular weight excluding hydrogens is 524 g/mol. The van der Waals surface area contributed by atoms with E-state index in [-0.39, 0.29) is 42.8 Å². The third kappa shape index (κ3) is 9.72. The highest BCUT2D eigenvalue weighted by Gasteiger charge is 2.33. The molecule has 2 aromatic carbocycles. The molecule has 0 spiro atoms. The van der Waals surface area contributed by atoms with Gasteiger partial charge in [-0.1, -0.05) is 75.3 Å². The summed E-state index contributed by atoms with van der Waals surface area (Å²) in [5.41, 5.74) is 1.37. The van der Waals surface area contributed by atoms with Gasteiger partial charge in [0.15, 0.2) is 0 Å². The van der Waals surface area contributed by atoms with Crippen LogP contribution in [0, 0.1) is 16.7 Å². The Morgan fingerprint density at radius 3 is 2.05 bits per heavy atom. The van der Waals surface area contributed by atoms with Gasteiger partial charge < -0.3 is 20.8 Å². The highest BCUT2D eigenvalue weighted by atomic mass is 32.2. The lowest BCUT2D eigenvalue weighted by molar-refractivity contribution is -0.125. The number of aliphatic hydroxyl groups excluding tert-OH is 1. The van der Waals surface area contributed by atoms with Crippen LogP contribution < -0.4 is 10.6 Å². The zero-order valence-electron chi connectivity index (χ0n) is 22.6. The van der Waals surface area contributed by atoms with Crippen molar-refractivity contribution >= 4 is 22.0 Å². The third-order valence-electron chi connectivity index (χ3n) is 6.09. The van der Waals surface area contributed by atoms with E-state index in [1.165, 1.54) is 28.6 Å². The molecule has 0 aliphatic rings. The predicted molar refractivity (Wildman–Crippen MR) is 147 cm³/mol. The lowest BCUT2D eigenvalue weighted by atomic mass is 9.98. The molecule has 0 aromatic heterocycles. The molecule has 39 heavy (non-hydrogen) atoms. The van der Waals surface area contributed by atoms with Crippen molar-refractivity contribution in [1.29, 1.82) is 0 Å². The molecule has 3 atom stereocenters. The molecule has 0 unspecified atom stereocenters. The van der Waals surface area contributed by atoms with Gasteiger partial charge in [0.05, 0.1) is 17.0 Å². The lowest BCUT2D eigenvalue weighted by Crippen LogP contribution is -2.56. The average Bonchev–Trinajstić information content (AvgIpc) is 2.87. The van der Waals surface area contributed by atoms with Crippen molar-refractivity contribution in [3.8, 4) is 0 Å². The van der Waals surface area contributed by atoms with Crippen LogP contribution >= 0.6 is 0 Å². The van der Waals surface area contributed by atoms with E-state index in [9.17, 15) is 33.1 Å². The summed E-state index contributed by atoms with van der Waals surface area (Å²) in [6, 6.07) is 12.9. The van der Waals surface area contributed by atoms with Crippen LogP contribution in [-0.2, 0) is 27.8 Å². The molecule has 214 valence electrons. The van der Waals surface area contributed by atoms with Crippen molar-refractivity contribution in [2.24, 2.45) is 17.0 Å². The summed E-state index contributed by atoms with van der Waals surface area (Å²) < 4.78 is 28.3. The standard InChI is InChI=1S/C27H38N4O7S/c1-18(2)16-31(39(37,38)22-12-10-21(11-13-22)15-28-36)17-24(32)23(14-20-8-6-5-7-9-20)29-26(33)25(19(3)4)30-27(34)35/h5-13,18-19,23-25,30,32H,14-17H2,1-4H3,(H,29,33)(H,34,35)/t23-,24+,25-/m0/s1. The second-order valence-electron chi connectivity index (χ2n) is 10.2. The quantitative estimate of drug-likeness (QED) is 0.242. The molecular formula is C27H38N4O7S. The molecule has 0 fully saturated rings. The fraction of sp³-hybridized carbons (Fsp3) is 0.481. The first-order valence-corrected chi connectivity index (χ1v) is 14.2. The number of nitroso groups, excluding NO2 is 1. The summed E-state index contributed by atoms with van der Waals surface area (Å²) >= 11 is 0. The van der Waals surface area contributed by atoms with Gasteiger partial charge in [-0.3, -0.25) is 4.79 Å². The van der Waals surface area contributed by atoms with Crippen LogP contribution in [0.3, 0.4) is 0 Å². The minimum atomic E-state index is -4.04. The van der Waals surface area contributed by atoms with Crippen LogP contribution in [-0.4, -0.2) is 66.2 Å². The zero-order chi connectivity index (χ0) is 29.2. The number of carboxylic acid groups (broad SMARTS) is 1. The van der Waals surface area contributed by atoms with Gasteiger partial charge in [0.25, 0.3) is 0 Å². The first kappa shape index (κ1) is 31.9. The lowest BCUT2D eigenvalue weighted by Gasteiger charge is -2.32. The van der Waals surface area contributed by atoms with Crippen LogP contribution in [0.15, 0.2) is 64.7 Å². The van der Waals surface area contributed by atoms with Crippen molar-refractivity contribution in [3.05, 3.63) is 70.6 Å². The molecule has 11 nitrogen and oxygen atoms in total. The summed E-state index contributed by atoms with van der Waals surface area (Å²) in [4.78, 5) is 34.9. The maximum absolute atomic E-state index is 13.6. The number of nitrogens with one attached hydrogen (secondary N) is 2. The molecule has 0 saturated heterocycles. The highest BCUT2D eigenvalue weighted by Crippen LogP contribution is 2.20. The minimum absolute atomic E-state index is 0.000765. The van der Waals surface area contributed by atoms with Crippen LogP contribution in [0.25, 0.3) is 0 Å². The zero-order valence-corrected chi connectivity index (χ0v) is 23.5. The fourth-order valence-corrected chi connectivity index (χ4v) is 5.72. The molecule has 0 heterocycles. The van der Waals surface area contributed by atoms with Crippen LogP contribution in [0.5, 0.6) is 0 Å². The van der Waals surface area contributed by atoms with E-state index in [0.717, 1.165) is 5.56 Å². The molecule has 2 amide bonds. The Bertz CT molecular complexity index is 1190. The second-order valence-corrected chi connectivity index (χ2v) is 12.1. The first-order chi connectivity index (χ1) is 18.3. The summed E-state index contributed by atoms with van der Waals surface area (Å²) in [5, 5.41) is 28.3. The summed E-state index contributed by atoms with van der Waals surface area (Å²) in [7, 11) is -4.04. The molecule has 0 saturated carbocycles. The summed E-state index contributed by atoms with van der Waals surface area (Å²) in [6.45, 7) is 6.80. The molecule has 0 aliphatic carbocycles. The maximum atomic E-state index is 13.6. The number of aliphatic hydroxyl groups is 1. The van der Waals surface area contributed by atoms with Gasteiger partial charge >= 0.3 is 6.09 Å². The normalized spacial score (nSPS) is 14.2. The van der Waals surface area contributed by atoms with E-state index in [2.05, 4.69) is 15.8 Å². The van der Waals surface area contributed by atoms with Crippen molar-refractivity contribution in [2.45, 2.75) is 63.7 Å². The van der Waals surface area contributed by atoms with E-state index >= 15 is 0 Å². The van der Waals surface area contributed by atoms with Crippen LogP contribution in [0.4, 0.5) is 4.79 Å². The monoisotopic (exact) mass is 562 g/mol. The Morgan fingerprint density at radius 1 is 0.923 bits per heavy atom. The molecule has 0 aliphatic heterocycles. The number of carbonyl (C=O) groups is 2. The van der Waals surface area contributed by atoms with E-state index in [0.29, 0.717) is 5.56 Å². The van der Waals surface area contributed by atoms with E-state index in [1.807, 2.05) is 44.2 Å². The Labute approximate surface area is 229 Å². The van der Waals surface area contributed by atoms with Gasteiger partial charge in [-0.2, -0.15) is 9.21 Å². The summed E-state index contributed by atoms with van der Waals surface area (Å²) in [6.07, 6.45) is -2.48. The molecule has 2 aromatic rings. The topological polar surface area (TPSA) is 165 Å². The first-order valence-electron chi connectivity index (χ1n) is 12.7.